The molecule has 0 saturated heterocycles. The summed E-state index contributed by atoms with van der Waals surface area (Å²) in [5.41, 5.74) is 6.03. The minimum absolute atomic E-state index is 0.372. The fraction of sp³-hybridized carbons (Fsp3) is 0.571. The number of nitrogens with two attached hydrogens (primary N) is 1. The van der Waals surface area contributed by atoms with Gasteiger partial charge in [-0.15, -0.1) is 0 Å². The predicted octanol–water partition coefficient (Wildman–Crippen LogP) is 2.59. The lowest BCUT2D eigenvalue weighted by molar-refractivity contribution is 0.280. The van der Waals surface area contributed by atoms with Gasteiger partial charge in [-0.05, 0) is 43.7 Å². The molecule has 0 aliphatic heterocycles. The Morgan fingerprint density at radius 1 is 1.29 bits per heavy atom. The largest absolute Gasteiger partial charge is 0.493 e. The lowest BCUT2D eigenvalue weighted by Crippen LogP contribution is -2.22. The Bertz CT molecular complexity index is 350. The van der Waals surface area contributed by atoms with Gasteiger partial charge in [0.25, 0.3) is 0 Å². The van der Waals surface area contributed by atoms with Crippen molar-refractivity contribution in [3.63, 3.8) is 0 Å². The van der Waals surface area contributed by atoms with Gasteiger partial charge in [0.2, 0.25) is 0 Å². The van der Waals surface area contributed by atoms with Gasteiger partial charge in [0, 0.05) is 6.04 Å². The van der Waals surface area contributed by atoms with E-state index in [0.29, 0.717) is 12.6 Å². The fourth-order valence-corrected chi connectivity index (χ4v) is 2.00. The van der Waals surface area contributed by atoms with E-state index in [1.807, 2.05) is 24.3 Å². The van der Waals surface area contributed by atoms with Gasteiger partial charge in [0.15, 0.2) is 11.5 Å². The zero-order chi connectivity index (χ0) is 12.1. The average molecular weight is 235 g/mol. The van der Waals surface area contributed by atoms with Crippen molar-refractivity contribution in [2.45, 2.75) is 31.7 Å². The van der Waals surface area contributed by atoms with E-state index in [-0.39, 0.29) is 0 Å². The van der Waals surface area contributed by atoms with E-state index < -0.39 is 0 Å². The summed E-state index contributed by atoms with van der Waals surface area (Å²) in [6, 6.07) is 8.10. The molecule has 0 bridgehead atoms. The molecule has 0 spiro atoms. The second-order valence-electron chi connectivity index (χ2n) is 4.64. The zero-order valence-corrected chi connectivity index (χ0v) is 10.4. The average Bonchev–Trinajstić information content (AvgIpc) is 3.19. The van der Waals surface area contributed by atoms with Crippen molar-refractivity contribution in [2.24, 2.45) is 11.7 Å². The highest BCUT2D eigenvalue weighted by Crippen LogP contribution is 2.33. The number of benzene rings is 1. The van der Waals surface area contributed by atoms with Gasteiger partial charge in [-0.1, -0.05) is 12.1 Å². The van der Waals surface area contributed by atoms with Crippen molar-refractivity contribution in [1.29, 1.82) is 0 Å². The van der Waals surface area contributed by atoms with Crippen LogP contribution in [0, 0.1) is 5.92 Å². The summed E-state index contributed by atoms with van der Waals surface area (Å²) >= 11 is 0. The molecule has 1 fully saturated rings. The van der Waals surface area contributed by atoms with Gasteiger partial charge < -0.3 is 15.2 Å². The van der Waals surface area contributed by atoms with Crippen LogP contribution in [-0.2, 0) is 0 Å². The molecule has 94 valence electrons. The first-order valence-electron chi connectivity index (χ1n) is 6.32. The lowest BCUT2D eigenvalue weighted by atomic mass is 10.1. The molecule has 1 unspecified atom stereocenters. The van der Waals surface area contributed by atoms with E-state index in [0.717, 1.165) is 30.3 Å². The predicted molar refractivity (Wildman–Crippen MR) is 68.4 cm³/mol. The van der Waals surface area contributed by atoms with Crippen LogP contribution in [0.3, 0.4) is 0 Å². The number of hydrogen-bond donors (Lipinski definition) is 1. The summed E-state index contributed by atoms with van der Waals surface area (Å²) in [6.45, 7) is 0.709. The first-order valence-corrected chi connectivity index (χ1v) is 6.32. The Labute approximate surface area is 103 Å². The highest BCUT2D eigenvalue weighted by molar-refractivity contribution is 5.39. The molecule has 0 amide bonds. The molecule has 0 heterocycles. The Morgan fingerprint density at radius 3 is 2.65 bits per heavy atom. The molecular weight excluding hydrogens is 214 g/mol. The van der Waals surface area contributed by atoms with Gasteiger partial charge in [-0.3, -0.25) is 0 Å². The minimum Gasteiger partial charge on any atom is -0.493 e. The van der Waals surface area contributed by atoms with Gasteiger partial charge in [0.05, 0.1) is 13.7 Å². The third-order valence-corrected chi connectivity index (χ3v) is 3.24. The summed E-state index contributed by atoms with van der Waals surface area (Å²) in [6.07, 6.45) is 4.69. The second kappa shape index (κ2) is 5.92. The summed E-state index contributed by atoms with van der Waals surface area (Å²) in [4.78, 5) is 0. The van der Waals surface area contributed by atoms with Crippen molar-refractivity contribution < 1.29 is 9.47 Å². The molecule has 1 atom stereocenters. The van der Waals surface area contributed by atoms with Crippen LogP contribution in [0.2, 0.25) is 0 Å². The number of para-hydroxylation sites is 2. The molecule has 0 aromatic heterocycles. The number of ether oxygens (including phenoxy) is 2. The molecule has 1 aliphatic carbocycles. The van der Waals surface area contributed by atoms with E-state index in [9.17, 15) is 0 Å². The minimum atomic E-state index is 0.372. The van der Waals surface area contributed by atoms with Crippen LogP contribution in [0.25, 0.3) is 0 Å². The molecule has 3 heteroatoms. The zero-order valence-electron chi connectivity index (χ0n) is 10.4. The SMILES string of the molecule is COc1ccccc1OCCCC(N)C1CC1. The standard InChI is InChI=1S/C14H21NO2/c1-16-13-6-2-3-7-14(13)17-10-4-5-12(15)11-8-9-11/h2-3,6-7,11-12H,4-5,8-10,15H2,1H3. The molecule has 1 aromatic rings. The molecule has 1 aliphatic rings. The molecule has 1 aromatic carbocycles. The Kier molecular flexibility index (Phi) is 4.26. The highest BCUT2D eigenvalue weighted by atomic mass is 16.5. The molecule has 1 saturated carbocycles. The smallest absolute Gasteiger partial charge is 0.161 e. The van der Waals surface area contributed by atoms with E-state index in [1.54, 1.807) is 7.11 Å². The number of rotatable bonds is 7. The Hall–Kier alpha value is -1.22. The van der Waals surface area contributed by atoms with Crippen LogP contribution in [0.15, 0.2) is 24.3 Å². The normalized spacial score (nSPS) is 16.6. The third-order valence-electron chi connectivity index (χ3n) is 3.24. The van der Waals surface area contributed by atoms with Crippen LogP contribution >= 0.6 is 0 Å². The summed E-state index contributed by atoms with van der Waals surface area (Å²) < 4.78 is 10.9. The number of methoxy groups -OCH3 is 1. The maximum atomic E-state index is 6.03. The summed E-state index contributed by atoms with van der Waals surface area (Å²) in [7, 11) is 1.66. The fourth-order valence-electron chi connectivity index (χ4n) is 2.00. The maximum absolute atomic E-state index is 6.03. The topological polar surface area (TPSA) is 44.5 Å². The molecule has 2 N–H and O–H groups in total. The number of hydrogen-bond acceptors (Lipinski definition) is 3. The first-order chi connectivity index (χ1) is 8.31. The van der Waals surface area contributed by atoms with Gasteiger partial charge >= 0.3 is 0 Å². The van der Waals surface area contributed by atoms with Gasteiger partial charge in [-0.2, -0.15) is 0 Å². The Balaban J connectivity index is 1.70. The van der Waals surface area contributed by atoms with Crippen molar-refractivity contribution in [3.05, 3.63) is 24.3 Å². The van der Waals surface area contributed by atoms with Gasteiger partial charge in [-0.25, -0.2) is 0 Å². The molecule has 3 nitrogen and oxygen atoms in total. The van der Waals surface area contributed by atoms with Crippen LogP contribution in [0.4, 0.5) is 0 Å². The van der Waals surface area contributed by atoms with Crippen molar-refractivity contribution >= 4 is 0 Å². The van der Waals surface area contributed by atoms with E-state index in [2.05, 4.69) is 0 Å². The van der Waals surface area contributed by atoms with Crippen LogP contribution < -0.4 is 15.2 Å². The van der Waals surface area contributed by atoms with Crippen molar-refractivity contribution in [1.82, 2.24) is 0 Å². The quantitative estimate of drug-likeness (QED) is 0.739. The van der Waals surface area contributed by atoms with Crippen LogP contribution in [-0.4, -0.2) is 19.8 Å². The maximum Gasteiger partial charge on any atom is 0.161 e. The lowest BCUT2D eigenvalue weighted by Gasteiger charge is -2.12. The molecule has 17 heavy (non-hydrogen) atoms. The first kappa shape index (κ1) is 12.2. The molecular formula is C14H21NO2. The summed E-state index contributed by atoms with van der Waals surface area (Å²) in [5, 5.41) is 0. The Morgan fingerprint density at radius 2 is 2.00 bits per heavy atom. The van der Waals surface area contributed by atoms with Gasteiger partial charge in [0.1, 0.15) is 0 Å². The van der Waals surface area contributed by atoms with Crippen LogP contribution in [0.1, 0.15) is 25.7 Å². The monoisotopic (exact) mass is 235 g/mol. The second-order valence-corrected chi connectivity index (χ2v) is 4.64. The van der Waals surface area contributed by atoms with E-state index >= 15 is 0 Å². The molecule has 0 radical (unpaired) electrons. The summed E-state index contributed by atoms with van der Waals surface area (Å²) in [5.74, 6) is 2.38. The van der Waals surface area contributed by atoms with Crippen LogP contribution in [0.5, 0.6) is 11.5 Å². The van der Waals surface area contributed by atoms with E-state index in [1.165, 1.54) is 12.8 Å². The van der Waals surface area contributed by atoms with E-state index in [4.69, 9.17) is 15.2 Å². The third kappa shape index (κ3) is 3.63. The highest BCUT2D eigenvalue weighted by Gasteiger charge is 2.27. The molecule has 2 rings (SSSR count). The van der Waals surface area contributed by atoms with Crippen molar-refractivity contribution in [2.75, 3.05) is 13.7 Å². The van der Waals surface area contributed by atoms with Crippen molar-refractivity contribution in [3.8, 4) is 11.5 Å².